The van der Waals surface area contributed by atoms with Crippen molar-refractivity contribution in [1.29, 1.82) is 0 Å². The highest BCUT2D eigenvalue weighted by Crippen LogP contribution is 2.38. The predicted octanol–water partition coefficient (Wildman–Crippen LogP) is 3.08. The molecule has 1 amide bonds. The average molecular weight is 547 g/mol. The van der Waals surface area contributed by atoms with Crippen molar-refractivity contribution in [2.24, 2.45) is 5.73 Å². The number of hydrogen-bond donors (Lipinski definition) is 2. The van der Waals surface area contributed by atoms with Crippen molar-refractivity contribution in [3.05, 3.63) is 41.4 Å². The molecule has 3 atom stereocenters. The van der Waals surface area contributed by atoms with E-state index < -0.39 is 41.4 Å². The number of pyridine rings is 1. The van der Waals surface area contributed by atoms with Gasteiger partial charge in [-0.25, -0.2) is 14.8 Å². The first-order valence-corrected chi connectivity index (χ1v) is 11.8. The molecule has 4 rings (SSSR count). The Labute approximate surface area is 220 Å². The van der Waals surface area contributed by atoms with Crippen LogP contribution in [0.1, 0.15) is 48.3 Å². The topological polar surface area (TPSA) is 141 Å². The zero-order chi connectivity index (χ0) is 28.7. The van der Waals surface area contributed by atoms with Crippen molar-refractivity contribution in [3.63, 3.8) is 0 Å². The zero-order valence-electron chi connectivity index (χ0n) is 21.2. The lowest BCUT2D eigenvalue weighted by Crippen LogP contribution is -2.42. The van der Waals surface area contributed by atoms with E-state index in [1.807, 2.05) is 0 Å². The van der Waals surface area contributed by atoms with Gasteiger partial charge in [-0.05, 0) is 38.1 Å². The lowest BCUT2D eigenvalue weighted by molar-refractivity contribution is -0.147. The smallest absolute Gasteiger partial charge is 0.433 e. The van der Waals surface area contributed by atoms with Crippen LogP contribution in [0.5, 0.6) is 5.75 Å². The van der Waals surface area contributed by atoms with Gasteiger partial charge in [-0.1, -0.05) is 5.92 Å². The normalized spacial score (nSPS) is 20.1. The number of β-amino-alcohol motifs (C(OH)–C–C–N with tert-alkyl or cyclic N) is 1. The SMILES string of the molecule is C#C[C@H](N)c1oc(-c2ccc(OC)c3nc(C(F)(F)F)ccc23)nc1C(=O)N1CC(C)(O)C[C@H]1C(=O)OCC. The largest absolute Gasteiger partial charge is 0.494 e. The fourth-order valence-corrected chi connectivity index (χ4v) is 4.45. The van der Waals surface area contributed by atoms with E-state index in [2.05, 4.69) is 15.9 Å². The molecule has 1 aromatic carbocycles. The van der Waals surface area contributed by atoms with Crippen molar-refractivity contribution >= 4 is 22.8 Å². The van der Waals surface area contributed by atoms with Gasteiger partial charge in [-0.2, -0.15) is 13.2 Å². The summed E-state index contributed by atoms with van der Waals surface area (Å²) in [6.45, 7) is 2.94. The van der Waals surface area contributed by atoms with E-state index in [-0.39, 0.29) is 59.1 Å². The number of amides is 1. The van der Waals surface area contributed by atoms with Crippen LogP contribution < -0.4 is 10.5 Å². The van der Waals surface area contributed by atoms with Crippen molar-refractivity contribution in [2.45, 2.75) is 44.1 Å². The molecule has 1 aliphatic heterocycles. The second kappa shape index (κ2) is 10.2. The summed E-state index contributed by atoms with van der Waals surface area (Å²) in [7, 11) is 1.28. The summed E-state index contributed by atoms with van der Waals surface area (Å²) in [5.41, 5.74) is 3.25. The number of oxazole rings is 1. The molecule has 1 fully saturated rings. The molecule has 1 unspecified atom stereocenters. The number of carbonyl (C=O) groups is 2. The first kappa shape index (κ1) is 27.9. The number of ether oxygens (including phenoxy) is 2. The highest BCUT2D eigenvalue weighted by atomic mass is 19.4. The van der Waals surface area contributed by atoms with Gasteiger partial charge in [0.05, 0.1) is 25.9 Å². The van der Waals surface area contributed by atoms with Gasteiger partial charge >= 0.3 is 12.1 Å². The van der Waals surface area contributed by atoms with E-state index >= 15 is 0 Å². The fourth-order valence-electron chi connectivity index (χ4n) is 4.45. The first-order chi connectivity index (χ1) is 18.3. The van der Waals surface area contributed by atoms with Crippen molar-refractivity contribution in [1.82, 2.24) is 14.9 Å². The lowest BCUT2D eigenvalue weighted by atomic mass is 10.0. The van der Waals surface area contributed by atoms with E-state index in [0.29, 0.717) is 0 Å². The Bertz CT molecular complexity index is 1480. The molecule has 2 aromatic heterocycles. The van der Waals surface area contributed by atoms with Crippen LogP contribution in [0, 0.1) is 12.3 Å². The fraction of sp³-hybridized carbons (Fsp3) is 0.385. The number of aliphatic hydroxyl groups is 1. The molecule has 3 aromatic rings. The molecule has 3 N–H and O–H groups in total. The third kappa shape index (κ3) is 5.25. The molecule has 1 saturated heterocycles. The molecule has 0 spiro atoms. The Morgan fingerprint density at radius 3 is 2.67 bits per heavy atom. The molecule has 0 radical (unpaired) electrons. The lowest BCUT2D eigenvalue weighted by Gasteiger charge is -2.22. The number of alkyl halides is 3. The molecule has 3 heterocycles. The number of halogens is 3. The van der Waals surface area contributed by atoms with Crippen LogP contribution in [0.2, 0.25) is 0 Å². The van der Waals surface area contributed by atoms with Gasteiger partial charge in [0, 0.05) is 17.4 Å². The Morgan fingerprint density at radius 2 is 2.05 bits per heavy atom. The van der Waals surface area contributed by atoms with Crippen LogP contribution in [-0.4, -0.2) is 63.8 Å². The number of hydrogen-bond acceptors (Lipinski definition) is 9. The number of rotatable bonds is 6. The van der Waals surface area contributed by atoms with Gasteiger partial charge in [0.15, 0.2) is 11.5 Å². The van der Waals surface area contributed by atoms with Gasteiger partial charge in [-0.3, -0.25) is 4.79 Å². The third-order valence-corrected chi connectivity index (χ3v) is 6.22. The van der Waals surface area contributed by atoms with Crippen LogP contribution in [0.4, 0.5) is 13.2 Å². The Morgan fingerprint density at radius 1 is 1.33 bits per heavy atom. The molecular weight excluding hydrogens is 521 g/mol. The number of nitrogens with two attached hydrogens (primary N) is 1. The number of fused-ring (bicyclic) bond motifs is 1. The van der Waals surface area contributed by atoms with Gasteiger partial charge in [0.25, 0.3) is 5.91 Å². The Balaban J connectivity index is 1.85. The molecule has 10 nitrogen and oxygen atoms in total. The predicted molar refractivity (Wildman–Crippen MR) is 131 cm³/mol. The maximum Gasteiger partial charge on any atom is 0.433 e. The molecule has 206 valence electrons. The highest BCUT2D eigenvalue weighted by molar-refractivity contribution is 5.99. The van der Waals surface area contributed by atoms with Crippen LogP contribution >= 0.6 is 0 Å². The van der Waals surface area contributed by atoms with Gasteiger partial charge in [0.1, 0.15) is 29.0 Å². The molecule has 1 aliphatic rings. The van der Waals surface area contributed by atoms with E-state index in [4.69, 9.17) is 26.0 Å². The summed E-state index contributed by atoms with van der Waals surface area (Å²) in [6.07, 6.45) is 0.712. The molecule has 13 heteroatoms. The number of benzene rings is 1. The van der Waals surface area contributed by atoms with Gasteiger partial charge in [-0.15, -0.1) is 6.42 Å². The minimum atomic E-state index is -4.70. The minimum absolute atomic E-state index is 0.0649. The van der Waals surface area contributed by atoms with Gasteiger partial charge < -0.3 is 29.6 Å². The number of esters is 1. The van der Waals surface area contributed by atoms with E-state index in [1.54, 1.807) is 6.92 Å². The third-order valence-electron chi connectivity index (χ3n) is 6.22. The summed E-state index contributed by atoms with van der Waals surface area (Å²) < 4.78 is 56.1. The highest BCUT2D eigenvalue weighted by Gasteiger charge is 2.47. The van der Waals surface area contributed by atoms with Crippen LogP contribution in [-0.2, 0) is 15.7 Å². The standard InChI is InChI=1S/C26H25F3N4O6/c1-5-15(30)21-20(23(34)33-12-25(3,36)11-16(33)24(35)38-6-2)32-22(39-21)14-7-9-17(37-4)19-13(14)8-10-18(31-19)26(27,28)29/h1,7-10,15-16,36H,6,11-12,30H2,2-4H3/t15-,16-,25?/m0/s1. The Hall–Kier alpha value is -4.15. The summed E-state index contributed by atoms with van der Waals surface area (Å²) in [4.78, 5) is 35.3. The summed E-state index contributed by atoms with van der Waals surface area (Å²) in [6, 6.07) is 2.51. The molecule has 0 saturated carbocycles. The van der Waals surface area contributed by atoms with Gasteiger partial charge in [0.2, 0.25) is 5.89 Å². The van der Waals surface area contributed by atoms with E-state index in [1.165, 1.54) is 32.2 Å². The molecule has 0 aliphatic carbocycles. The summed E-state index contributed by atoms with van der Waals surface area (Å²) in [5, 5.41) is 10.8. The van der Waals surface area contributed by atoms with Crippen LogP contribution in [0.3, 0.4) is 0 Å². The first-order valence-electron chi connectivity index (χ1n) is 11.8. The number of terminal acetylenes is 1. The second-order valence-corrected chi connectivity index (χ2v) is 9.18. The maximum absolute atomic E-state index is 13.7. The molecule has 39 heavy (non-hydrogen) atoms. The number of carbonyl (C=O) groups excluding carboxylic acids is 2. The maximum atomic E-state index is 13.7. The average Bonchev–Trinajstić information content (AvgIpc) is 3.47. The van der Waals surface area contributed by atoms with E-state index in [9.17, 15) is 27.9 Å². The number of aromatic nitrogens is 2. The Kier molecular flexibility index (Phi) is 7.29. The number of likely N-dealkylation sites (tertiary alicyclic amines) is 1. The monoisotopic (exact) mass is 546 g/mol. The van der Waals surface area contributed by atoms with Crippen molar-refractivity contribution in [3.8, 4) is 29.5 Å². The van der Waals surface area contributed by atoms with Crippen LogP contribution in [0.15, 0.2) is 28.7 Å². The number of nitrogens with zero attached hydrogens (tertiary/aromatic N) is 3. The summed E-state index contributed by atoms with van der Waals surface area (Å²) >= 11 is 0. The van der Waals surface area contributed by atoms with Crippen molar-refractivity contribution in [2.75, 3.05) is 20.3 Å². The second-order valence-electron chi connectivity index (χ2n) is 9.18. The minimum Gasteiger partial charge on any atom is -0.494 e. The molecule has 0 bridgehead atoms. The van der Waals surface area contributed by atoms with Crippen LogP contribution in [0.25, 0.3) is 22.4 Å². The van der Waals surface area contributed by atoms with Crippen molar-refractivity contribution < 1.29 is 41.8 Å². The van der Waals surface area contributed by atoms with E-state index in [0.717, 1.165) is 11.0 Å². The quantitative estimate of drug-likeness (QED) is 0.352. The zero-order valence-corrected chi connectivity index (χ0v) is 21.2. The number of methoxy groups -OCH3 is 1. The molecular formula is C26H25F3N4O6. The summed E-state index contributed by atoms with van der Waals surface area (Å²) in [5.74, 6) is 0.453.